The molecule has 0 saturated carbocycles. The third-order valence-electron chi connectivity index (χ3n) is 5.47. The molecule has 0 aromatic heterocycles. The van der Waals surface area contributed by atoms with Crippen LogP contribution < -0.4 is 5.32 Å². The normalized spacial score (nSPS) is 12.8. The first-order valence-electron chi connectivity index (χ1n) is 10.4. The fourth-order valence-corrected chi connectivity index (χ4v) is 3.85. The molecule has 0 unspecified atom stereocenters. The van der Waals surface area contributed by atoms with Gasteiger partial charge in [-0.3, -0.25) is 4.79 Å². The molecule has 0 saturated heterocycles. The summed E-state index contributed by atoms with van der Waals surface area (Å²) in [6, 6.07) is 18.7. The Kier molecular flexibility index (Phi) is 7.33. The Morgan fingerprint density at radius 2 is 1.77 bits per heavy atom. The van der Waals surface area contributed by atoms with E-state index in [2.05, 4.69) is 36.5 Å². The van der Waals surface area contributed by atoms with Gasteiger partial charge in [0.25, 0.3) is 0 Å². The first-order valence-corrected chi connectivity index (χ1v) is 10.4. The SMILES string of the molecule is C[C@@H](NCCCc1ccc(CCC(=O)O)c(C(F)(F)F)c1)c1cccc2ccccc12. The lowest BCUT2D eigenvalue weighted by Crippen LogP contribution is -2.20. The number of carboxylic acids is 1. The van der Waals surface area contributed by atoms with Crippen LogP contribution in [0, 0.1) is 0 Å². The van der Waals surface area contributed by atoms with Crippen molar-refractivity contribution >= 4 is 16.7 Å². The number of alkyl halides is 3. The van der Waals surface area contributed by atoms with E-state index >= 15 is 0 Å². The molecule has 31 heavy (non-hydrogen) atoms. The maximum atomic E-state index is 13.4. The minimum atomic E-state index is -4.50. The van der Waals surface area contributed by atoms with Crippen molar-refractivity contribution in [2.75, 3.05) is 6.54 Å². The number of aliphatic carboxylic acids is 1. The van der Waals surface area contributed by atoms with Gasteiger partial charge in [0.1, 0.15) is 0 Å². The second kappa shape index (κ2) is 9.96. The molecule has 2 N–H and O–H groups in total. The molecule has 0 fully saturated rings. The molecule has 1 atom stereocenters. The third-order valence-corrected chi connectivity index (χ3v) is 5.47. The largest absolute Gasteiger partial charge is 0.481 e. The van der Waals surface area contributed by atoms with E-state index in [9.17, 15) is 18.0 Å². The van der Waals surface area contributed by atoms with Crippen LogP contribution in [0.5, 0.6) is 0 Å². The topological polar surface area (TPSA) is 49.3 Å². The van der Waals surface area contributed by atoms with Gasteiger partial charge >= 0.3 is 12.1 Å². The summed E-state index contributed by atoms with van der Waals surface area (Å²) in [5.41, 5.74) is 1.09. The standard InChI is InChI=1S/C25H26F3NO2/c1-17(21-10-4-8-19-7-2-3-9-22(19)21)29-15-5-6-18-11-12-20(13-14-24(30)31)23(16-18)25(26,27)28/h2-4,7-12,16-17,29H,5-6,13-15H2,1H3,(H,30,31)/t17-/m1/s1. The Morgan fingerprint density at radius 3 is 2.52 bits per heavy atom. The molecule has 6 heteroatoms. The van der Waals surface area contributed by atoms with Crippen LogP contribution in [0.4, 0.5) is 13.2 Å². The van der Waals surface area contributed by atoms with Gasteiger partial charge < -0.3 is 10.4 Å². The number of carboxylic acid groups (broad SMARTS) is 1. The summed E-state index contributed by atoms with van der Waals surface area (Å²) >= 11 is 0. The van der Waals surface area contributed by atoms with Crippen molar-refractivity contribution in [3.05, 3.63) is 82.9 Å². The van der Waals surface area contributed by atoms with Gasteiger partial charge in [0, 0.05) is 12.5 Å². The predicted octanol–water partition coefficient (Wildman–Crippen LogP) is 6.16. The van der Waals surface area contributed by atoms with Gasteiger partial charge in [-0.1, -0.05) is 54.6 Å². The molecule has 0 heterocycles. The second-order valence-corrected chi connectivity index (χ2v) is 7.73. The average molecular weight is 429 g/mol. The minimum Gasteiger partial charge on any atom is -0.481 e. The van der Waals surface area contributed by atoms with E-state index in [1.807, 2.05) is 18.2 Å². The zero-order chi connectivity index (χ0) is 22.4. The fourth-order valence-electron chi connectivity index (χ4n) is 3.85. The second-order valence-electron chi connectivity index (χ2n) is 7.73. The average Bonchev–Trinajstić information content (AvgIpc) is 2.74. The Hall–Kier alpha value is -2.86. The zero-order valence-corrected chi connectivity index (χ0v) is 17.4. The molecule has 0 bridgehead atoms. The first kappa shape index (κ1) is 22.8. The highest BCUT2D eigenvalue weighted by molar-refractivity contribution is 5.86. The molecule has 3 aromatic carbocycles. The van der Waals surface area contributed by atoms with E-state index in [-0.39, 0.29) is 24.4 Å². The molecule has 0 radical (unpaired) electrons. The van der Waals surface area contributed by atoms with Crippen LogP contribution in [0.1, 0.15) is 48.1 Å². The molecular formula is C25H26F3NO2. The number of carbonyl (C=O) groups is 1. The van der Waals surface area contributed by atoms with E-state index < -0.39 is 17.7 Å². The maximum Gasteiger partial charge on any atom is 0.416 e. The number of fused-ring (bicyclic) bond motifs is 1. The van der Waals surface area contributed by atoms with Crippen molar-refractivity contribution in [3.63, 3.8) is 0 Å². The molecule has 3 rings (SSSR count). The minimum absolute atomic E-state index is 0.0290. The van der Waals surface area contributed by atoms with Gasteiger partial charge in [0.15, 0.2) is 0 Å². The summed E-state index contributed by atoms with van der Waals surface area (Å²) < 4.78 is 40.2. The van der Waals surface area contributed by atoms with Crippen molar-refractivity contribution in [2.24, 2.45) is 0 Å². The van der Waals surface area contributed by atoms with E-state index in [0.717, 1.165) is 6.07 Å². The summed E-state index contributed by atoms with van der Waals surface area (Å²) in [6.45, 7) is 2.76. The van der Waals surface area contributed by atoms with Crippen LogP contribution in [0.2, 0.25) is 0 Å². The van der Waals surface area contributed by atoms with E-state index in [4.69, 9.17) is 5.11 Å². The summed E-state index contributed by atoms with van der Waals surface area (Å²) in [6.07, 6.45) is -3.74. The van der Waals surface area contributed by atoms with Crippen molar-refractivity contribution in [3.8, 4) is 0 Å². The lowest BCUT2D eigenvalue weighted by Gasteiger charge is -2.17. The number of nitrogens with one attached hydrogen (secondary N) is 1. The molecule has 0 spiro atoms. The highest BCUT2D eigenvalue weighted by Crippen LogP contribution is 2.33. The highest BCUT2D eigenvalue weighted by atomic mass is 19.4. The number of rotatable bonds is 9. The van der Waals surface area contributed by atoms with E-state index in [0.29, 0.717) is 24.9 Å². The number of hydrogen-bond donors (Lipinski definition) is 2. The molecule has 3 nitrogen and oxygen atoms in total. The zero-order valence-electron chi connectivity index (χ0n) is 17.4. The summed E-state index contributed by atoms with van der Waals surface area (Å²) in [5.74, 6) is -1.11. The molecular weight excluding hydrogens is 403 g/mol. The van der Waals surface area contributed by atoms with Crippen molar-refractivity contribution < 1.29 is 23.1 Å². The van der Waals surface area contributed by atoms with Crippen LogP contribution in [-0.2, 0) is 23.8 Å². The number of aryl methyl sites for hydroxylation is 2. The molecule has 0 aliphatic rings. The van der Waals surface area contributed by atoms with Gasteiger partial charge in [-0.05, 0) is 66.3 Å². The molecule has 0 aliphatic heterocycles. The maximum absolute atomic E-state index is 13.4. The van der Waals surface area contributed by atoms with Crippen molar-refractivity contribution in [1.29, 1.82) is 0 Å². The van der Waals surface area contributed by atoms with Crippen molar-refractivity contribution in [2.45, 2.75) is 44.8 Å². The molecule has 164 valence electrons. The number of hydrogen-bond acceptors (Lipinski definition) is 2. The van der Waals surface area contributed by atoms with Crippen LogP contribution in [-0.4, -0.2) is 17.6 Å². The summed E-state index contributed by atoms with van der Waals surface area (Å²) in [5, 5.41) is 14.6. The summed E-state index contributed by atoms with van der Waals surface area (Å²) in [7, 11) is 0. The lowest BCUT2D eigenvalue weighted by atomic mass is 9.97. The summed E-state index contributed by atoms with van der Waals surface area (Å²) in [4.78, 5) is 10.7. The smallest absolute Gasteiger partial charge is 0.416 e. The third kappa shape index (κ3) is 6.07. The Labute approximate surface area is 179 Å². The van der Waals surface area contributed by atoms with Crippen LogP contribution in [0.15, 0.2) is 60.7 Å². The Balaban J connectivity index is 1.60. The van der Waals surface area contributed by atoms with Gasteiger partial charge in [-0.25, -0.2) is 0 Å². The number of benzene rings is 3. The molecule has 3 aromatic rings. The monoisotopic (exact) mass is 429 g/mol. The Bertz CT molecular complexity index is 1040. The fraction of sp³-hybridized carbons (Fsp3) is 0.320. The van der Waals surface area contributed by atoms with Crippen LogP contribution >= 0.6 is 0 Å². The number of halogens is 3. The van der Waals surface area contributed by atoms with Crippen LogP contribution in [0.25, 0.3) is 10.8 Å². The Morgan fingerprint density at radius 1 is 1.03 bits per heavy atom. The first-order chi connectivity index (χ1) is 14.8. The lowest BCUT2D eigenvalue weighted by molar-refractivity contribution is -0.140. The van der Waals surface area contributed by atoms with Gasteiger partial charge in [-0.15, -0.1) is 0 Å². The van der Waals surface area contributed by atoms with E-state index in [1.165, 1.54) is 22.4 Å². The van der Waals surface area contributed by atoms with Gasteiger partial charge in [0.2, 0.25) is 0 Å². The predicted molar refractivity (Wildman–Crippen MR) is 116 cm³/mol. The van der Waals surface area contributed by atoms with Gasteiger partial charge in [0.05, 0.1) is 5.56 Å². The van der Waals surface area contributed by atoms with Gasteiger partial charge in [-0.2, -0.15) is 13.2 Å². The molecule has 0 aliphatic carbocycles. The van der Waals surface area contributed by atoms with E-state index in [1.54, 1.807) is 6.07 Å². The van der Waals surface area contributed by atoms with Crippen LogP contribution in [0.3, 0.4) is 0 Å². The highest BCUT2D eigenvalue weighted by Gasteiger charge is 2.33. The van der Waals surface area contributed by atoms with Crippen molar-refractivity contribution in [1.82, 2.24) is 5.32 Å². The quantitative estimate of drug-likeness (QED) is 0.401. The molecule has 0 amide bonds.